The molecular formula is C15H18N2O2. The van der Waals surface area contributed by atoms with Crippen LogP contribution < -0.4 is 10.9 Å². The van der Waals surface area contributed by atoms with Crippen molar-refractivity contribution < 1.29 is 9.59 Å². The minimum atomic E-state index is -0.0781. The Morgan fingerprint density at radius 1 is 1.16 bits per heavy atom. The molecule has 1 aliphatic rings. The summed E-state index contributed by atoms with van der Waals surface area (Å²) in [5.41, 5.74) is 7.74. The molecule has 0 unspecified atom stereocenters. The van der Waals surface area contributed by atoms with Crippen molar-refractivity contribution in [3.8, 4) is 0 Å². The highest BCUT2D eigenvalue weighted by molar-refractivity contribution is 6.04. The van der Waals surface area contributed by atoms with Crippen molar-refractivity contribution in [2.24, 2.45) is 5.92 Å². The van der Waals surface area contributed by atoms with Gasteiger partial charge in [-0.15, -0.1) is 0 Å². The Morgan fingerprint density at radius 3 is 2.37 bits per heavy atom. The third-order valence-electron chi connectivity index (χ3n) is 3.01. The fraction of sp³-hybridized carbons (Fsp3) is 0.333. The van der Waals surface area contributed by atoms with E-state index in [9.17, 15) is 9.59 Å². The van der Waals surface area contributed by atoms with Crippen LogP contribution >= 0.6 is 0 Å². The molecule has 0 bridgehead atoms. The fourth-order valence-electron chi connectivity index (χ4n) is 1.64. The van der Waals surface area contributed by atoms with E-state index in [0.717, 1.165) is 18.4 Å². The van der Waals surface area contributed by atoms with Gasteiger partial charge in [-0.05, 0) is 26.7 Å². The summed E-state index contributed by atoms with van der Waals surface area (Å²) < 4.78 is 0. The SMILES string of the molecule is C/C(=C/C(=O)c1ccc(C)cc1)NNC(=O)C1CC1. The molecule has 1 amide bonds. The zero-order chi connectivity index (χ0) is 13.8. The summed E-state index contributed by atoms with van der Waals surface area (Å²) >= 11 is 0. The van der Waals surface area contributed by atoms with Gasteiger partial charge in [-0.3, -0.25) is 15.0 Å². The molecule has 2 N–H and O–H groups in total. The van der Waals surface area contributed by atoms with Crippen LogP contribution in [0.1, 0.15) is 35.7 Å². The van der Waals surface area contributed by atoms with Gasteiger partial charge < -0.3 is 5.43 Å². The summed E-state index contributed by atoms with van der Waals surface area (Å²) in [7, 11) is 0. The normalized spacial score (nSPS) is 14.9. The molecule has 1 saturated carbocycles. The fourth-order valence-corrected chi connectivity index (χ4v) is 1.64. The lowest BCUT2D eigenvalue weighted by molar-refractivity contribution is -0.123. The summed E-state index contributed by atoms with van der Waals surface area (Å²) in [4.78, 5) is 23.3. The predicted octanol–water partition coefficient (Wildman–Crippen LogP) is 2.11. The van der Waals surface area contributed by atoms with Gasteiger partial charge >= 0.3 is 0 Å². The van der Waals surface area contributed by atoms with Crippen LogP contribution in [0.4, 0.5) is 0 Å². The Balaban J connectivity index is 1.89. The topological polar surface area (TPSA) is 58.2 Å². The van der Waals surface area contributed by atoms with Crippen molar-refractivity contribution in [2.45, 2.75) is 26.7 Å². The molecule has 0 heterocycles. The number of amides is 1. The number of ketones is 1. The summed E-state index contributed by atoms with van der Waals surface area (Å²) in [6.07, 6.45) is 3.40. The highest BCUT2D eigenvalue weighted by atomic mass is 16.2. The molecule has 0 atom stereocenters. The Morgan fingerprint density at radius 2 is 1.79 bits per heavy atom. The maximum absolute atomic E-state index is 11.9. The molecule has 100 valence electrons. The maximum atomic E-state index is 11.9. The summed E-state index contributed by atoms with van der Waals surface area (Å²) in [6.45, 7) is 3.73. The molecule has 1 aliphatic carbocycles. The van der Waals surface area contributed by atoms with Gasteiger partial charge in [0.1, 0.15) is 0 Å². The second kappa shape index (κ2) is 5.69. The highest BCUT2D eigenvalue weighted by Gasteiger charge is 2.29. The Hall–Kier alpha value is -2.10. The van der Waals surface area contributed by atoms with Gasteiger partial charge in [0.15, 0.2) is 5.78 Å². The zero-order valence-electron chi connectivity index (χ0n) is 11.2. The first-order chi connectivity index (χ1) is 9.06. The quantitative estimate of drug-likeness (QED) is 0.483. The molecule has 2 rings (SSSR count). The van der Waals surface area contributed by atoms with Gasteiger partial charge in [-0.25, -0.2) is 0 Å². The minimum Gasteiger partial charge on any atom is -0.303 e. The van der Waals surface area contributed by atoms with E-state index in [4.69, 9.17) is 0 Å². The number of hydrazine groups is 1. The van der Waals surface area contributed by atoms with Crippen molar-refractivity contribution in [2.75, 3.05) is 0 Å². The predicted molar refractivity (Wildman–Crippen MR) is 73.3 cm³/mol. The largest absolute Gasteiger partial charge is 0.303 e. The number of nitrogens with one attached hydrogen (secondary N) is 2. The van der Waals surface area contributed by atoms with E-state index >= 15 is 0 Å². The monoisotopic (exact) mass is 258 g/mol. The first-order valence-corrected chi connectivity index (χ1v) is 6.41. The third kappa shape index (κ3) is 3.95. The van der Waals surface area contributed by atoms with E-state index in [1.54, 1.807) is 19.1 Å². The first kappa shape index (κ1) is 13.3. The average molecular weight is 258 g/mol. The molecular weight excluding hydrogens is 240 g/mol. The van der Waals surface area contributed by atoms with Gasteiger partial charge in [-0.2, -0.15) is 0 Å². The number of aryl methyl sites for hydroxylation is 1. The van der Waals surface area contributed by atoms with Gasteiger partial charge in [0.25, 0.3) is 0 Å². The van der Waals surface area contributed by atoms with E-state index in [1.165, 1.54) is 6.08 Å². The average Bonchev–Trinajstić information content (AvgIpc) is 3.21. The minimum absolute atomic E-state index is 0.00413. The second-order valence-electron chi connectivity index (χ2n) is 4.95. The van der Waals surface area contributed by atoms with Crippen molar-refractivity contribution >= 4 is 11.7 Å². The number of hydrogen-bond acceptors (Lipinski definition) is 3. The van der Waals surface area contributed by atoms with Gasteiger partial charge in [0, 0.05) is 23.3 Å². The number of carbonyl (C=O) groups is 2. The van der Waals surface area contributed by atoms with E-state index in [-0.39, 0.29) is 17.6 Å². The Labute approximate surface area is 112 Å². The van der Waals surface area contributed by atoms with Gasteiger partial charge in [0.05, 0.1) is 0 Å². The van der Waals surface area contributed by atoms with Crippen LogP contribution in [-0.2, 0) is 4.79 Å². The van der Waals surface area contributed by atoms with Crippen LogP contribution in [0.2, 0.25) is 0 Å². The molecule has 0 saturated heterocycles. The lowest BCUT2D eigenvalue weighted by Gasteiger charge is -2.07. The number of allylic oxidation sites excluding steroid dienone is 2. The van der Waals surface area contributed by atoms with Crippen LogP contribution in [0, 0.1) is 12.8 Å². The van der Waals surface area contributed by atoms with Crippen molar-refractivity contribution in [3.05, 3.63) is 47.2 Å². The molecule has 0 radical (unpaired) electrons. The number of hydrogen-bond donors (Lipinski definition) is 2. The van der Waals surface area contributed by atoms with Crippen LogP contribution in [0.5, 0.6) is 0 Å². The lowest BCUT2D eigenvalue weighted by Crippen LogP contribution is -2.37. The Kier molecular flexibility index (Phi) is 4.00. The van der Waals surface area contributed by atoms with Crippen LogP contribution in [0.3, 0.4) is 0 Å². The Bertz CT molecular complexity index is 513. The third-order valence-corrected chi connectivity index (χ3v) is 3.01. The second-order valence-corrected chi connectivity index (χ2v) is 4.95. The van der Waals surface area contributed by atoms with Gasteiger partial charge in [0.2, 0.25) is 5.91 Å². The highest BCUT2D eigenvalue weighted by Crippen LogP contribution is 2.28. The van der Waals surface area contributed by atoms with Crippen LogP contribution in [-0.4, -0.2) is 11.7 Å². The van der Waals surface area contributed by atoms with Crippen LogP contribution in [0.25, 0.3) is 0 Å². The standard InChI is InChI=1S/C15H18N2O2/c1-10-3-5-12(6-4-10)14(18)9-11(2)16-17-15(19)13-7-8-13/h3-6,9,13,16H,7-8H2,1-2H3,(H,17,19)/b11-9-. The van der Waals surface area contributed by atoms with Crippen LogP contribution in [0.15, 0.2) is 36.0 Å². The summed E-state index contributed by atoms with van der Waals surface area (Å²) in [5, 5.41) is 0. The maximum Gasteiger partial charge on any atom is 0.241 e. The van der Waals surface area contributed by atoms with E-state index < -0.39 is 0 Å². The summed E-state index contributed by atoms with van der Waals surface area (Å²) in [5.74, 6) is 0.0642. The smallest absolute Gasteiger partial charge is 0.241 e. The van der Waals surface area contributed by atoms with E-state index in [0.29, 0.717) is 11.3 Å². The van der Waals surface area contributed by atoms with E-state index in [2.05, 4.69) is 10.9 Å². The molecule has 0 aliphatic heterocycles. The van der Waals surface area contributed by atoms with Crippen molar-refractivity contribution in [1.82, 2.24) is 10.9 Å². The van der Waals surface area contributed by atoms with Crippen molar-refractivity contribution in [3.63, 3.8) is 0 Å². The lowest BCUT2D eigenvalue weighted by atomic mass is 10.1. The molecule has 1 fully saturated rings. The van der Waals surface area contributed by atoms with Gasteiger partial charge in [-0.1, -0.05) is 29.8 Å². The number of carbonyl (C=O) groups excluding carboxylic acids is 2. The number of rotatable bonds is 5. The molecule has 4 nitrogen and oxygen atoms in total. The first-order valence-electron chi connectivity index (χ1n) is 6.41. The molecule has 1 aromatic rings. The summed E-state index contributed by atoms with van der Waals surface area (Å²) in [6, 6.07) is 7.39. The number of benzene rings is 1. The molecule has 0 aromatic heterocycles. The van der Waals surface area contributed by atoms with Crippen molar-refractivity contribution in [1.29, 1.82) is 0 Å². The van der Waals surface area contributed by atoms with E-state index in [1.807, 2.05) is 19.1 Å². The molecule has 19 heavy (non-hydrogen) atoms. The molecule has 1 aromatic carbocycles. The molecule has 0 spiro atoms. The zero-order valence-corrected chi connectivity index (χ0v) is 11.2. The molecule has 4 heteroatoms.